The molecule has 0 aliphatic carbocycles. The number of aromatic nitrogens is 2. The first-order valence-electron chi connectivity index (χ1n) is 4.03. The van der Waals surface area contributed by atoms with Crippen molar-refractivity contribution in [2.45, 2.75) is 13.5 Å². The Morgan fingerprint density at radius 1 is 1.54 bits per heavy atom. The number of fused-ring (bicyclic) bond motifs is 1. The minimum Gasteiger partial charge on any atom is -0.265 e. The van der Waals surface area contributed by atoms with E-state index in [1.807, 2.05) is 13.0 Å². The molecule has 0 saturated heterocycles. The van der Waals surface area contributed by atoms with Crippen LogP contribution < -0.4 is 0 Å². The number of benzene rings is 1. The molecule has 0 unspecified atom stereocenters. The van der Waals surface area contributed by atoms with Crippen LogP contribution >= 0.6 is 15.9 Å². The van der Waals surface area contributed by atoms with Crippen molar-refractivity contribution in [3.63, 3.8) is 0 Å². The molecule has 0 saturated carbocycles. The Kier molecular flexibility index (Phi) is 2.07. The predicted octanol–water partition coefficient (Wildman–Crippen LogP) is 2.96. The number of nitrogens with zero attached hydrogens (tertiary/aromatic N) is 2. The molecule has 1 aromatic heterocycles. The van der Waals surface area contributed by atoms with Gasteiger partial charge in [-0.25, -0.2) is 4.39 Å². The van der Waals surface area contributed by atoms with Gasteiger partial charge < -0.3 is 0 Å². The zero-order valence-electron chi connectivity index (χ0n) is 7.09. The van der Waals surface area contributed by atoms with Crippen LogP contribution in [0.3, 0.4) is 0 Å². The number of rotatable bonds is 1. The molecular weight excluding hydrogens is 235 g/mol. The van der Waals surface area contributed by atoms with Gasteiger partial charge in [-0.05, 0) is 35.0 Å². The largest absolute Gasteiger partial charge is 0.265 e. The Morgan fingerprint density at radius 3 is 3.00 bits per heavy atom. The van der Waals surface area contributed by atoms with Gasteiger partial charge in [0.15, 0.2) is 0 Å². The highest BCUT2D eigenvalue weighted by Crippen LogP contribution is 2.24. The van der Waals surface area contributed by atoms with Crippen molar-refractivity contribution in [1.29, 1.82) is 0 Å². The van der Waals surface area contributed by atoms with E-state index in [1.165, 1.54) is 0 Å². The topological polar surface area (TPSA) is 17.8 Å². The Hall–Kier alpha value is -0.900. The summed E-state index contributed by atoms with van der Waals surface area (Å²) in [6.07, 6.45) is 1.55. The maximum absolute atomic E-state index is 13.4. The highest BCUT2D eigenvalue weighted by molar-refractivity contribution is 9.10. The average Bonchev–Trinajstić information content (AvgIpc) is 2.55. The van der Waals surface area contributed by atoms with E-state index in [1.54, 1.807) is 16.9 Å². The van der Waals surface area contributed by atoms with Gasteiger partial charge in [-0.3, -0.25) is 4.68 Å². The summed E-state index contributed by atoms with van der Waals surface area (Å²) in [4.78, 5) is 0. The second-order valence-electron chi connectivity index (χ2n) is 2.75. The van der Waals surface area contributed by atoms with E-state index in [2.05, 4.69) is 21.0 Å². The van der Waals surface area contributed by atoms with Crippen LogP contribution in [0.15, 0.2) is 22.8 Å². The first kappa shape index (κ1) is 8.69. The smallest absolute Gasteiger partial charge is 0.148 e. The summed E-state index contributed by atoms with van der Waals surface area (Å²) in [6.45, 7) is 2.73. The van der Waals surface area contributed by atoms with Gasteiger partial charge in [-0.15, -0.1) is 0 Å². The minimum absolute atomic E-state index is 0.239. The summed E-state index contributed by atoms with van der Waals surface area (Å²) in [5, 5.41) is 4.64. The van der Waals surface area contributed by atoms with Gasteiger partial charge in [0, 0.05) is 6.54 Å². The fourth-order valence-electron chi connectivity index (χ4n) is 1.35. The van der Waals surface area contributed by atoms with Crippen molar-refractivity contribution in [3.8, 4) is 0 Å². The quantitative estimate of drug-likeness (QED) is 0.752. The molecule has 0 aliphatic heterocycles. The molecule has 1 heterocycles. The van der Waals surface area contributed by atoms with E-state index >= 15 is 0 Å². The first-order valence-corrected chi connectivity index (χ1v) is 4.83. The lowest BCUT2D eigenvalue weighted by Gasteiger charge is -1.99. The van der Waals surface area contributed by atoms with E-state index in [0.29, 0.717) is 9.86 Å². The van der Waals surface area contributed by atoms with Crippen LogP contribution in [0.5, 0.6) is 0 Å². The highest BCUT2D eigenvalue weighted by Gasteiger charge is 2.08. The molecule has 1 aromatic carbocycles. The molecule has 0 N–H and O–H groups in total. The highest BCUT2D eigenvalue weighted by atomic mass is 79.9. The zero-order chi connectivity index (χ0) is 9.42. The van der Waals surface area contributed by atoms with Gasteiger partial charge in [0.05, 0.1) is 21.6 Å². The zero-order valence-corrected chi connectivity index (χ0v) is 8.68. The van der Waals surface area contributed by atoms with Crippen LogP contribution in [0.4, 0.5) is 4.39 Å². The Morgan fingerprint density at radius 2 is 2.31 bits per heavy atom. The van der Waals surface area contributed by atoms with Gasteiger partial charge in [0.2, 0.25) is 0 Å². The monoisotopic (exact) mass is 242 g/mol. The third-order valence-electron chi connectivity index (χ3n) is 2.01. The van der Waals surface area contributed by atoms with Crippen LogP contribution in [-0.4, -0.2) is 9.78 Å². The summed E-state index contributed by atoms with van der Waals surface area (Å²) in [5.74, 6) is -0.239. The number of halogens is 2. The van der Waals surface area contributed by atoms with Gasteiger partial charge in [-0.1, -0.05) is 0 Å². The Bertz CT molecular complexity index is 450. The van der Waals surface area contributed by atoms with Crippen molar-refractivity contribution in [1.82, 2.24) is 9.78 Å². The number of hydrogen-bond donors (Lipinski definition) is 0. The van der Waals surface area contributed by atoms with E-state index in [9.17, 15) is 4.39 Å². The molecule has 2 aromatic rings. The van der Waals surface area contributed by atoms with Crippen molar-refractivity contribution in [2.24, 2.45) is 0 Å². The third kappa shape index (κ3) is 1.25. The lowest BCUT2D eigenvalue weighted by atomic mass is 10.2. The molecule has 68 valence electrons. The lowest BCUT2D eigenvalue weighted by molar-refractivity contribution is 0.633. The molecule has 2 rings (SSSR count). The molecule has 0 spiro atoms. The second kappa shape index (κ2) is 3.10. The second-order valence-corrected chi connectivity index (χ2v) is 3.61. The average molecular weight is 243 g/mol. The predicted molar refractivity (Wildman–Crippen MR) is 53.1 cm³/mol. The minimum atomic E-state index is -0.239. The lowest BCUT2D eigenvalue weighted by Crippen LogP contribution is -1.95. The van der Waals surface area contributed by atoms with E-state index in [-0.39, 0.29) is 5.82 Å². The molecular formula is C9H8BrFN2. The summed E-state index contributed by atoms with van der Waals surface area (Å²) in [6, 6.07) is 3.56. The summed E-state index contributed by atoms with van der Waals surface area (Å²) < 4.78 is 15.7. The summed E-state index contributed by atoms with van der Waals surface area (Å²) in [7, 11) is 0. The van der Waals surface area contributed by atoms with Crippen molar-refractivity contribution >= 4 is 26.8 Å². The van der Waals surface area contributed by atoms with Gasteiger partial charge in [0.25, 0.3) is 0 Å². The summed E-state index contributed by atoms with van der Waals surface area (Å²) in [5.41, 5.74) is 0.836. The molecule has 0 atom stereocenters. The normalized spacial score (nSPS) is 11.0. The molecule has 0 radical (unpaired) electrons. The van der Waals surface area contributed by atoms with Crippen LogP contribution in [0.25, 0.3) is 10.9 Å². The fraction of sp³-hybridized carbons (Fsp3) is 0.222. The summed E-state index contributed by atoms with van der Waals surface area (Å²) >= 11 is 3.14. The van der Waals surface area contributed by atoms with Crippen molar-refractivity contribution < 1.29 is 4.39 Å². The van der Waals surface area contributed by atoms with E-state index in [4.69, 9.17) is 0 Å². The standard InChI is InChI=1S/C9H8BrFN2/c1-2-13-8-4-3-7(10)9(11)6(8)5-12-13/h3-5H,2H2,1H3. The molecule has 0 bridgehead atoms. The molecule has 0 fully saturated rings. The first-order chi connectivity index (χ1) is 6.24. The van der Waals surface area contributed by atoms with Crippen molar-refractivity contribution in [2.75, 3.05) is 0 Å². The van der Waals surface area contributed by atoms with Gasteiger partial charge in [-0.2, -0.15) is 5.10 Å². The third-order valence-corrected chi connectivity index (χ3v) is 2.63. The van der Waals surface area contributed by atoms with Crippen molar-refractivity contribution in [3.05, 3.63) is 28.6 Å². The Labute approximate surface area is 83.5 Å². The SMILES string of the molecule is CCn1ncc2c(F)c(Br)ccc21. The molecule has 4 heteroatoms. The molecule has 0 aliphatic rings. The maximum Gasteiger partial charge on any atom is 0.148 e. The van der Waals surface area contributed by atoms with Crippen LogP contribution in [0.1, 0.15) is 6.92 Å². The molecule has 13 heavy (non-hydrogen) atoms. The van der Waals surface area contributed by atoms with Gasteiger partial charge in [0.1, 0.15) is 5.82 Å². The van der Waals surface area contributed by atoms with Crippen LogP contribution in [0, 0.1) is 5.82 Å². The van der Waals surface area contributed by atoms with E-state index < -0.39 is 0 Å². The fourth-order valence-corrected chi connectivity index (χ4v) is 1.69. The number of hydrogen-bond acceptors (Lipinski definition) is 1. The number of aryl methyl sites for hydroxylation is 1. The van der Waals surface area contributed by atoms with Crippen LogP contribution in [-0.2, 0) is 6.54 Å². The molecule has 2 nitrogen and oxygen atoms in total. The van der Waals surface area contributed by atoms with E-state index in [0.717, 1.165) is 12.1 Å². The molecule has 0 amide bonds. The van der Waals surface area contributed by atoms with Crippen LogP contribution in [0.2, 0.25) is 0 Å². The Balaban J connectivity index is 2.81. The van der Waals surface area contributed by atoms with Gasteiger partial charge >= 0.3 is 0 Å². The maximum atomic E-state index is 13.4.